The molecule has 148 valence electrons. The summed E-state index contributed by atoms with van der Waals surface area (Å²) in [6, 6.07) is 13.2. The van der Waals surface area contributed by atoms with E-state index < -0.39 is 0 Å². The van der Waals surface area contributed by atoms with Gasteiger partial charge < -0.3 is 15.1 Å². The predicted octanol–water partition coefficient (Wildman–Crippen LogP) is 1.96. The van der Waals surface area contributed by atoms with Crippen LogP contribution in [0.1, 0.15) is 21.5 Å². The van der Waals surface area contributed by atoms with Crippen LogP contribution in [-0.4, -0.2) is 49.4 Å². The summed E-state index contributed by atoms with van der Waals surface area (Å²) in [4.78, 5) is 27.9. The topological polar surface area (TPSA) is 53.9 Å². The first-order valence-corrected chi connectivity index (χ1v) is 10.1. The number of quaternary nitrogens is 1. The van der Waals surface area contributed by atoms with Gasteiger partial charge in [-0.2, -0.15) is 0 Å². The van der Waals surface area contributed by atoms with Crippen LogP contribution in [0.4, 0.5) is 0 Å². The van der Waals surface area contributed by atoms with Crippen molar-refractivity contribution < 1.29 is 14.5 Å². The Hall–Kier alpha value is -2.08. The van der Waals surface area contributed by atoms with Gasteiger partial charge in [0.2, 0.25) is 5.91 Å². The summed E-state index contributed by atoms with van der Waals surface area (Å²) in [5, 5.41) is 3.36. The number of piperazine rings is 1. The summed E-state index contributed by atoms with van der Waals surface area (Å²) < 4.78 is 0. The second-order valence-corrected chi connectivity index (χ2v) is 7.92. The predicted molar refractivity (Wildman–Crippen MR) is 111 cm³/mol. The molecule has 0 bridgehead atoms. The quantitative estimate of drug-likeness (QED) is 0.776. The molecule has 1 aliphatic heterocycles. The van der Waals surface area contributed by atoms with Crippen LogP contribution in [0.5, 0.6) is 0 Å². The Labute approximate surface area is 175 Å². The lowest BCUT2D eigenvalue weighted by atomic mass is 10.1. The summed E-state index contributed by atoms with van der Waals surface area (Å²) in [5.41, 5.74) is 2.97. The fourth-order valence-corrected chi connectivity index (χ4v) is 3.67. The molecule has 5 nitrogen and oxygen atoms in total. The molecule has 0 radical (unpaired) electrons. The average molecular weight is 421 g/mol. The van der Waals surface area contributed by atoms with E-state index in [1.165, 1.54) is 22.1 Å². The first-order chi connectivity index (χ1) is 13.4. The van der Waals surface area contributed by atoms with Crippen molar-refractivity contribution in [3.05, 3.63) is 69.2 Å². The van der Waals surface area contributed by atoms with Gasteiger partial charge in [0.15, 0.2) is 0 Å². The molecule has 0 aromatic heterocycles. The van der Waals surface area contributed by atoms with E-state index in [9.17, 15) is 9.59 Å². The summed E-state index contributed by atoms with van der Waals surface area (Å²) >= 11 is 11.8. The van der Waals surface area contributed by atoms with E-state index in [1.54, 1.807) is 12.1 Å². The second kappa shape index (κ2) is 9.41. The third-order valence-electron chi connectivity index (χ3n) is 4.94. The van der Waals surface area contributed by atoms with Crippen LogP contribution in [0.3, 0.4) is 0 Å². The smallest absolute Gasteiger partial charge is 0.251 e. The van der Waals surface area contributed by atoms with Gasteiger partial charge >= 0.3 is 0 Å². The number of nitrogens with zero attached hydrogens (tertiary/aromatic N) is 1. The highest BCUT2D eigenvalue weighted by Gasteiger charge is 2.24. The number of halogens is 2. The fraction of sp³-hybridized carbons (Fsp3) is 0.333. The van der Waals surface area contributed by atoms with E-state index in [1.807, 2.05) is 4.90 Å². The number of carbonyl (C=O) groups is 2. The van der Waals surface area contributed by atoms with Gasteiger partial charge in [0.1, 0.15) is 6.54 Å². The molecule has 3 rings (SSSR count). The van der Waals surface area contributed by atoms with Gasteiger partial charge in [0.25, 0.3) is 5.91 Å². The molecule has 1 saturated heterocycles. The van der Waals surface area contributed by atoms with E-state index in [2.05, 4.69) is 36.5 Å². The molecule has 2 aromatic carbocycles. The number of nitrogens with one attached hydrogen (secondary N) is 2. The van der Waals surface area contributed by atoms with Crippen LogP contribution >= 0.6 is 23.2 Å². The van der Waals surface area contributed by atoms with Gasteiger partial charge in [0, 0.05) is 11.1 Å². The molecule has 0 atom stereocenters. The highest BCUT2D eigenvalue weighted by Crippen LogP contribution is 2.22. The van der Waals surface area contributed by atoms with Gasteiger partial charge in [-0.3, -0.25) is 9.59 Å². The third kappa shape index (κ3) is 5.47. The number of hydrogen-bond acceptors (Lipinski definition) is 2. The van der Waals surface area contributed by atoms with Crippen LogP contribution in [0, 0.1) is 6.92 Å². The monoisotopic (exact) mass is 420 g/mol. The van der Waals surface area contributed by atoms with Crippen LogP contribution in [-0.2, 0) is 11.3 Å². The minimum absolute atomic E-state index is 0.0215. The molecule has 0 saturated carbocycles. The zero-order chi connectivity index (χ0) is 20.1. The molecule has 1 fully saturated rings. The maximum Gasteiger partial charge on any atom is 0.251 e. The zero-order valence-corrected chi connectivity index (χ0v) is 17.3. The number of aryl methyl sites for hydroxylation is 1. The van der Waals surface area contributed by atoms with Gasteiger partial charge in [-0.05, 0) is 25.1 Å². The lowest BCUT2D eigenvalue weighted by molar-refractivity contribution is -0.917. The summed E-state index contributed by atoms with van der Waals surface area (Å²) in [7, 11) is 0. The Balaban J connectivity index is 1.44. The molecule has 7 heteroatoms. The minimum Gasteiger partial charge on any atom is -0.343 e. The van der Waals surface area contributed by atoms with E-state index in [4.69, 9.17) is 23.2 Å². The Bertz CT molecular complexity index is 864. The highest BCUT2D eigenvalue weighted by molar-refractivity contribution is 6.42. The maximum atomic E-state index is 12.4. The highest BCUT2D eigenvalue weighted by atomic mass is 35.5. The van der Waals surface area contributed by atoms with Gasteiger partial charge in [-0.15, -0.1) is 0 Å². The number of carbonyl (C=O) groups excluding carboxylic acids is 2. The Morgan fingerprint density at radius 1 is 1.07 bits per heavy atom. The standard InChI is InChI=1S/C21H23Cl2N3O2/c1-15-3-2-4-16(11-15)14-25-7-9-26(10-8-25)20(27)13-24-21(28)17-5-6-18(22)19(23)12-17/h2-6,11-12H,7-10,13-14H2,1H3,(H,24,28)/p+1. The number of benzene rings is 2. The lowest BCUT2D eigenvalue weighted by Crippen LogP contribution is -3.13. The van der Waals surface area contributed by atoms with Gasteiger partial charge in [-0.25, -0.2) is 0 Å². The van der Waals surface area contributed by atoms with Crippen LogP contribution in [0.25, 0.3) is 0 Å². The third-order valence-corrected chi connectivity index (χ3v) is 5.68. The zero-order valence-electron chi connectivity index (χ0n) is 15.8. The Morgan fingerprint density at radius 3 is 2.50 bits per heavy atom. The fourth-order valence-electron chi connectivity index (χ4n) is 3.37. The van der Waals surface area contributed by atoms with Crippen molar-refractivity contribution in [2.24, 2.45) is 0 Å². The minimum atomic E-state index is -0.337. The molecule has 2 aromatic rings. The van der Waals surface area contributed by atoms with Crippen LogP contribution < -0.4 is 10.2 Å². The van der Waals surface area contributed by atoms with E-state index >= 15 is 0 Å². The summed E-state index contributed by atoms with van der Waals surface area (Å²) in [6.45, 7) is 6.25. The first-order valence-electron chi connectivity index (χ1n) is 9.32. The van der Waals surface area contributed by atoms with Crippen molar-refractivity contribution in [3.63, 3.8) is 0 Å². The van der Waals surface area contributed by atoms with Gasteiger partial charge in [-0.1, -0.05) is 53.0 Å². The van der Waals surface area contributed by atoms with Crippen molar-refractivity contribution in [2.75, 3.05) is 32.7 Å². The lowest BCUT2D eigenvalue weighted by Gasteiger charge is -2.32. The molecule has 0 aliphatic carbocycles. The Morgan fingerprint density at radius 2 is 1.82 bits per heavy atom. The molecular formula is C21H24Cl2N3O2+. The average Bonchev–Trinajstić information content (AvgIpc) is 2.68. The maximum absolute atomic E-state index is 12.4. The van der Waals surface area contributed by atoms with E-state index in [0.717, 1.165) is 19.6 Å². The number of rotatable bonds is 5. The number of hydrogen-bond donors (Lipinski definition) is 2. The molecule has 0 spiro atoms. The second-order valence-electron chi connectivity index (χ2n) is 7.11. The van der Waals surface area contributed by atoms with Gasteiger partial charge in [0.05, 0.1) is 42.8 Å². The SMILES string of the molecule is Cc1cccc(C[NH+]2CCN(C(=O)CNC(=O)c3ccc(Cl)c(Cl)c3)CC2)c1. The molecule has 2 N–H and O–H groups in total. The largest absolute Gasteiger partial charge is 0.343 e. The molecule has 28 heavy (non-hydrogen) atoms. The number of amides is 2. The van der Waals surface area contributed by atoms with Crippen molar-refractivity contribution in [2.45, 2.75) is 13.5 Å². The van der Waals surface area contributed by atoms with E-state index in [0.29, 0.717) is 28.7 Å². The summed E-state index contributed by atoms with van der Waals surface area (Å²) in [6.07, 6.45) is 0. The van der Waals surface area contributed by atoms with Crippen molar-refractivity contribution in [3.8, 4) is 0 Å². The van der Waals surface area contributed by atoms with Crippen molar-refractivity contribution in [1.82, 2.24) is 10.2 Å². The first kappa shape index (κ1) is 20.6. The Kier molecular flexibility index (Phi) is 6.94. The van der Waals surface area contributed by atoms with Crippen LogP contribution in [0.2, 0.25) is 10.0 Å². The molecule has 0 unspecified atom stereocenters. The van der Waals surface area contributed by atoms with Crippen molar-refractivity contribution >= 4 is 35.0 Å². The molecule has 1 aliphatic rings. The molecular weight excluding hydrogens is 397 g/mol. The summed E-state index contributed by atoms with van der Waals surface area (Å²) in [5.74, 6) is -0.404. The van der Waals surface area contributed by atoms with Crippen molar-refractivity contribution in [1.29, 1.82) is 0 Å². The molecule has 1 heterocycles. The molecule has 2 amide bonds. The normalized spacial score (nSPS) is 14.8. The van der Waals surface area contributed by atoms with E-state index in [-0.39, 0.29) is 18.4 Å². The van der Waals surface area contributed by atoms with Crippen LogP contribution in [0.15, 0.2) is 42.5 Å².